The molecule has 0 aromatic rings. The topological polar surface area (TPSA) is 49.4 Å². The summed E-state index contributed by atoms with van der Waals surface area (Å²) in [5.74, 6) is 0.784. The fourth-order valence-electron chi connectivity index (χ4n) is 1.81. The summed E-state index contributed by atoms with van der Waals surface area (Å²) >= 11 is 4.04. The summed E-state index contributed by atoms with van der Waals surface area (Å²) < 4.78 is 0. The Morgan fingerprint density at radius 3 is 2.47 bits per heavy atom. The molecule has 1 N–H and O–H groups in total. The summed E-state index contributed by atoms with van der Waals surface area (Å²) in [5.41, 5.74) is 0. The van der Waals surface area contributed by atoms with Crippen LogP contribution in [0.5, 0.6) is 0 Å². The molecule has 0 saturated carbocycles. The van der Waals surface area contributed by atoms with Crippen molar-refractivity contribution in [3.63, 3.8) is 0 Å². The van der Waals surface area contributed by atoms with Crippen LogP contribution in [0.15, 0.2) is 0 Å². The van der Waals surface area contributed by atoms with Crippen LogP contribution in [0.3, 0.4) is 0 Å². The minimum Gasteiger partial charge on any atom is -0.353 e. The van der Waals surface area contributed by atoms with E-state index in [2.05, 4.69) is 17.9 Å². The van der Waals surface area contributed by atoms with E-state index in [0.717, 1.165) is 25.9 Å². The maximum absolute atomic E-state index is 11.5. The second-order valence-corrected chi connectivity index (χ2v) is 4.28. The first kappa shape index (κ1) is 12.4. The summed E-state index contributed by atoms with van der Waals surface area (Å²) in [4.78, 5) is 24.2. The normalized spacial score (nSPS) is 17.6. The number of rotatable bonds is 3. The fourth-order valence-corrected chi connectivity index (χ4v) is 2.01. The van der Waals surface area contributed by atoms with Gasteiger partial charge in [-0.25, -0.2) is 0 Å². The lowest BCUT2D eigenvalue weighted by Crippen LogP contribution is -2.46. The van der Waals surface area contributed by atoms with Crippen LogP contribution in [0.25, 0.3) is 0 Å². The van der Waals surface area contributed by atoms with E-state index in [1.165, 1.54) is 6.92 Å². The lowest BCUT2D eigenvalue weighted by atomic mass is 10.0. The quantitative estimate of drug-likeness (QED) is 0.691. The predicted octanol–water partition coefficient (Wildman–Crippen LogP) is 0.433. The van der Waals surface area contributed by atoms with E-state index in [0.29, 0.717) is 12.2 Å². The Bertz CT molecular complexity index is 238. The Labute approximate surface area is 95.8 Å². The molecule has 4 nitrogen and oxygen atoms in total. The number of nitrogens with one attached hydrogen (secondary N) is 1. The third-order valence-corrected chi connectivity index (χ3v) is 2.80. The Morgan fingerprint density at radius 1 is 1.40 bits per heavy atom. The molecule has 5 heteroatoms. The maximum atomic E-state index is 11.5. The summed E-state index contributed by atoms with van der Waals surface area (Å²) in [5, 5.41) is 2.88. The first-order valence-corrected chi connectivity index (χ1v) is 5.92. The van der Waals surface area contributed by atoms with Crippen LogP contribution in [-0.2, 0) is 9.59 Å². The smallest absolute Gasteiger partial charge is 0.223 e. The highest BCUT2D eigenvalue weighted by Crippen LogP contribution is 2.11. The zero-order chi connectivity index (χ0) is 11.3. The minimum atomic E-state index is 0.00938. The molecule has 86 valence electrons. The molecule has 2 amide bonds. The van der Waals surface area contributed by atoms with Crippen LogP contribution in [0.4, 0.5) is 0 Å². The Balaban J connectivity index is 2.29. The molecule has 0 aliphatic carbocycles. The van der Waals surface area contributed by atoms with E-state index < -0.39 is 0 Å². The number of nitrogens with zero attached hydrogens (tertiary/aromatic N) is 1. The van der Waals surface area contributed by atoms with Gasteiger partial charge in [-0.05, 0) is 18.6 Å². The summed E-state index contributed by atoms with van der Waals surface area (Å²) in [6.07, 6.45) is 2.23. The van der Waals surface area contributed by atoms with E-state index in [-0.39, 0.29) is 17.9 Å². The van der Waals surface area contributed by atoms with Gasteiger partial charge in [0, 0.05) is 32.5 Å². The number of piperidine rings is 1. The molecule has 1 rings (SSSR count). The van der Waals surface area contributed by atoms with Crippen molar-refractivity contribution >= 4 is 24.4 Å². The highest BCUT2D eigenvalue weighted by atomic mass is 32.1. The largest absolute Gasteiger partial charge is 0.353 e. The minimum absolute atomic E-state index is 0.00938. The van der Waals surface area contributed by atoms with Crippen LogP contribution in [0.1, 0.15) is 26.2 Å². The van der Waals surface area contributed by atoms with Gasteiger partial charge < -0.3 is 10.2 Å². The van der Waals surface area contributed by atoms with E-state index in [4.69, 9.17) is 0 Å². The molecular weight excluding hydrogens is 212 g/mol. The van der Waals surface area contributed by atoms with Gasteiger partial charge >= 0.3 is 0 Å². The molecule has 1 fully saturated rings. The van der Waals surface area contributed by atoms with Gasteiger partial charge in [0.2, 0.25) is 11.8 Å². The lowest BCUT2D eigenvalue weighted by molar-refractivity contribution is -0.131. The molecule has 1 saturated heterocycles. The Hall–Kier alpha value is -0.710. The van der Waals surface area contributed by atoms with E-state index >= 15 is 0 Å². The van der Waals surface area contributed by atoms with E-state index in [9.17, 15) is 9.59 Å². The first-order valence-electron chi connectivity index (χ1n) is 5.29. The zero-order valence-electron chi connectivity index (χ0n) is 9.03. The number of carbonyl (C=O) groups excluding carboxylic acids is 2. The third-order valence-electron chi connectivity index (χ3n) is 2.58. The summed E-state index contributed by atoms with van der Waals surface area (Å²) in [6, 6.07) is 0.238. The number of amides is 2. The van der Waals surface area contributed by atoms with Crippen LogP contribution < -0.4 is 5.32 Å². The van der Waals surface area contributed by atoms with Crippen molar-refractivity contribution in [2.24, 2.45) is 0 Å². The highest BCUT2D eigenvalue weighted by Gasteiger charge is 2.22. The standard InChI is InChI=1S/C10H18N2O2S/c1-8(13)11-9-2-5-12(6-3-9)10(14)4-7-15/h9,15H,2-7H2,1H3,(H,11,13). The fraction of sp³-hybridized carbons (Fsp3) is 0.800. The summed E-state index contributed by atoms with van der Waals surface area (Å²) in [6.45, 7) is 3.02. The SMILES string of the molecule is CC(=O)NC1CCN(C(=O)CCS)CC1. The molecule has 1 heterocycles. The van der Waals surface area contributed by atoms with Crippen molar-refractivity contribution < 1.29 is 9.59 Å². The number of carbonyl (C=O) groups is 2. The Morgan fingerprint density at radius 2 is 2.00 bits per heavy atom. The van der Waals surface area contributed by atoms with E-state index in [1.54, 1.807) is 0 Å². The van der Waals surface area contributed by atoms with Gasteiger partial charge in [-0.3, -0.25) is 9.59 Å². The second-order valence-electron chi connectivity index (χ2n) is 3.83. The molecule has 0 radical (unpaired) electrons. The predicted molar refractivity (Wildman–Crippen MR) is 61.9 cm³/mol. The molecule has 1 aliphatic rings. The monoisotopic (exact) mass is 230 g/mol. The van der Waals surface area contributed by atoms with Gasteiger partial charge in [0.15, 0.2) is 0 Å². The Kier molecular flexibility index (Phi) is 4.94. The average Bonchev–Trinajstić information content (AvgIpc) is 2.18. The number of hydrogen-bond donors (Lipinski definition) is 2. The zero-order valence-corrected chi connectivity index (χ0v) is 9.93. The second kappa shape index (κ2) is 6.00. The molecule has 0 aromatic heterocycles. The molecule has 0 atom stereocenters. The van der Waals surface area contributed by atoms with Crippen molar-refractivity contribution in [3.8, 4) is 0 Å². The average molecular weight is 230 g/mol. The van der Waals surface area contributed by atoms with Gasteiger partial charge in [0.25, 0.3) is 0 Å². The van der Waals surface area contributed by atoms with Crippen molar-refractivity contribution in [3.05, 3.63) is 0 Å². The lowest BCUT2D eigenvalue weighted by Gasteiger charge is -2.32. The van der Waals surface area contributed by atoms with Crippen molar-refractivity contribution in [2.75, 3.05) is 18.8 Å². The molecule has 0 bridgehead atoms. The maximum Gasteiger partial charge on any atom is 0.223 e. The van der Waals surface area contributed by atoms with Gasteiger partial charge in [-0.15, -0.1) is 0 Å². The molecule has 0 aromatic carbocycles. The van der Waals surface area contributed by atoms with E-state index in [1.807, 2.05) is 4.90 Å². The molecule has 15 heavy (non-hydrogen) atoms. The highest BCUT2D eigenvalue weighted by molar-refractivity contribution is 7.80. The number of hydrogen-bond acceptors (Lipinski definition) is 3. The van der Waals surface area contributed by atoms with Gasteiger partial charge in [0.1, 0.15) is 0 Å². The summed E-state index contributed by atoms with van der Waals surface area (Å²) in [7, 11) is 0. The van der Waals surface area contributed by atoms with Gasteiger partial charge in [-0.2, -0.15) is 12.6 Å². The number of thiol groups is 1. The molecule has 0 unspecified atom stereocenters. The van der Waals surface area contributed by atoms with Gasteiger partial charge in [0.05, 0.1) is 0 Å². The van der Waals surface area contributed by atoms with Crippen LogP contribution in [0, 0.1) is 0 Å². The van der Waals surface area contributed by atoms with Gasteiger partial charge in [-0.1, -0.05) is 0 Å². The van der Waals surface area contributed by atoms with Crippen molar-refractivity contribution in [1.29, 1.82) is 0 Å². The third kappa shape index (κ3) is 4.11. The first-order chi connectivity index (χ1) is 7.13. The van der Waals surface area contributed by atoms with Crippen molar-refractivity contribution in [2.45, 2.75) is 32.2 Å². The van der Waals surface area contributed by atoms with Crippen LogP contribution in [-0.4, -0.2) is 41.6 Å². The number of likely N-dealkylation sites (tertiary alicyclic amines) is 1. The van der Waals surface area contributed by atoms with Crippen LogP contribution in [0.2, 0.25) is 0 Å². The van der Waals surface area contributed by atoms with Crippen molar-refractivity contribution in [1.82, 2.24) is 10.2 Å². The molecule has 0 spiro atoms. The molecular formula is C10H18N2O2S. The molecule has 1 aliphatic heterocycles. The van der Waals surface area contributed by atoms with Crippen LogP contribution >= 0.6 is 12.6 Å².